The first-order chi connectivity index (χ1) is 5.57. The van der Waals surface area contributed by atoms with Gasteiger partial charge in [-0.15, -0.1) is 0 Å². The van der Waals surface area contributed by atoms with E-state index in [1.165, 1.54) is 18.4 Å². The van der Waals surface area contributed by atoms with E-state index in [1.54, 1.807) is 0 Å². The van der Waals surface area contributed by atoms with Crippen LogP contribution in [0.15, 0.2) is 0 Å². The molecule has 4 heteroatoms. The lowest BCUT2D eigenvalue weighted by atomic mass is 9.99. The largest absolute Gasteiger partial charge is 0.465 e. The summed E-state index contributed by atoms with van der Waals surface area (Å²) in [6.45, 7) is 3.80. The number of thiophene rings is 1. The monoisotopic (exact) mass is 180 g/mol. The van der Waals surface area contributed by atoms with Crippen molar-refractivity contribution in [2.45, 2.75) is 13.8 Å². The highest BCUT2D eigenvalue weighted by molar-refractivity contribution is 7.20. The van der Waals surface area contributed by atoms with Gasteiger partial charge in [-0.25, -0.2) is 4.79 Å². The van der Waals surface area contributed by atoms with Gasteiger partial charge in [0, 0.05) is 4.88 Å². The maximum atomic E-state index is 11.2. The quantitative estimate of drug-likeness (QED) is 0.475. The van der Waals surface area contributed by atoms with Gasteiger partial charge in [-0.1, -0.05) is 0 Å². The van der Waals surface area contributed by atoms with Crippen molar-refractivity contribution in [3.8, 4) is 0 Å². The molecule has 2 radical (unpaired) electrons. The summed E-state index contributed by atoms with van der Waals surface area (Å²) in [4.78, 5) is 12.2. The van der Waals surface area contributed by atoms with Gasteiger partial charge in [0.2, 0.25) is 0 Å². The molecule has 0 amide bonds. The minimum atomic E-state index is -0.352. The van der Waals surface area contributed by atoms with Crippen molar-refractivity contribution < 1.29 is 9.53 Å². The van der Waals surface area contributed by atoms with Crippen LogP contribution in [0.25, 0.3) is 0 Å². The first kappa shape index (κ1) is 9.32. The molecule has 0 aliphatic rings. The summed E-state index contributed by atoms with van der Waals surface area (Å²) in [5.74, 6) is -0.352. The first-order valence-electron chi connectivity index (χ1n) is 3.51. The molecule has 0 spiro atoms. The van der Waals surface area contributed by atoms with Crippen LogP contribution in [0, 0.1) is 13.8 Å². The summed E-state index contributed by atoms with van der Waals surface area (Å²) in [5.41, 5.74) is 1.43. The summed E-state index contributed by atoms with van der Waals surface area (Å²) < 4.78 is 5.14. The van der Waals surface area contributed by atoms with Gasteiger partial charge < -0.3 is 4.74 Å². The number of ether oxygens (including phenoxy) is 1. The van der Waals surface area contributed by atoms with Gasteiger partial charge in [0.25, 0.3) is 0 Å². The lowest BCUT2D eigenvalue weighted by Gasteiger charge is -1.99. The van der Waals surface area contributed by atoms with E-state index < -0.39 is 0 Å². The lowest BCUT2D eigenvalue weighted by Crippen LogP contribution is -2.13. The zero-order valence-corrected chi connectivity index (χ0v) is 8.12. The van der Waals surface area contributed by atoms with Gasteiger partial charge in [0.05, 0.1) is 12.7 Å². The van der Waals surface area contributed by atoms with Gasteiger partial charge in [0.1, 0.15) is 7.85 Å². The maximum absolute atomic E-state index is 11.2. The Balaban J connectivity index is 3.22. The van der Waals surface area contributed by atoms with Crippen LogP contribution >= 0.6 is 11.3 Å². The van der Waals surface area contributed by atoms with Crippen molar-refractivity contribution in [3.63, 3.8) is 0 Å². The smallest absolute Gasteiger partial charge is 0.338 e. The molecule has 0 aliphatic carbocycles. The summed E-state index contributed by atoms with van der Waals surface area (Å²) >= 11 is 1.42. The highest BCUT2D eigenvalue weighted by Crippen LogP contribution is 2.17. The third-order valence-corrected chi connectivity index (χ3v) is 2.84. The maximum Gasteiger partial charge on any atom is 0.338 e. The molecule has 0 aliphatic heterocycles. The van der Waals surface area contributed by atoms with Crippen molar-refractivity contribution in [1.29, 1.82) is 0 Å². The molecule has 0 fully saturated rings. The number of hydrogen-bond acceptors (Lipinski definition) is 3. The minimum Gasteiger partial charge on any atom is -0.465 e. The molecule has 0 saturated carbocycles. The van der Waals surface area contributed by atoms with Gasteiger partial charge >= 0.3 is 5.97 Å². The van der Waals surface area contributed by atoms with E-state index in [4.69, 9.17) is 7.85 Å². The molecule has 0 bridgehead atoms. The molecule has 0 unspecified atom stereocenters. The summed E-state index contributed by atoms with van der Waals surface area (Å²) in [6.07, 6.45) is 0. The van der Waals surface area contributed by atoms with Crippen molar-refractivity contribution in [1.82, 2.24) is 0 Å². The van der Waals surface area contributed by atoms with E-state index in [2.05, 4.69) is 4.74 Å². The van der Waals surface area contributed by atoms with Gasteiger partial charge in [-0.2, -0.15) is 11.3 Å². The summed E-state index contributed by atoms with van der Waals surface area (Å²) in [6, 6.07) is 0. The Morgan fingerprint density at radius 1 is 1.50 bits per heavy atom. The highest BCUT2D eigenvalue weighted by Gasteiger charge is 2.15. The Labute approximate surface area is 77.0 Å². The Morgan fingerprint density at radius 3 is 2.42 bits per heavy atom. The molecule has 12 heavy (non-hydrogen) atoms. The van der Waals surface area contributed by atoms with Crippen LogP contribution in [0.3, 0.4) is 0 Å². The van der Waals surface area contributed by atoms with Gasteiger partial charge in [-0.3, -0.25) is 0 Å². The molecular weight excluding hydrogens is 171 g/mol. The molecule has 1 aromatic rings. The fraction of sp³-hybridized carbons (Fsp3) is 0.375. The SMILES string of the molecule is [B]c1sc(C)c(C)c1C(=O)OC. The zero-order chi connectivity index (χ0) is 9.30. The number of carbonyl (C=O) groups is 1. The number of esters is 1. The Bertz CT molecular complexity index is 317. The Hall–Kier alpha value is -0.765. The van der Waals surface area contributed by atoms with Crippen molar-refractivity contribution in [2.75, 3.05) is 7.11 Å². The number of aryl methyl sites for hydroxylation is 1. The third-order valence-electron chi connectivity index (χ3n) is 1.80. The Kier molecular flexibility index (Phi) is 2.57. The molecule has 62 valence electrons. The molecule has 0 aromatic carbocycles. The number of rotatable bonds is 1. The van der Waals surface area contributed by atoms with Gasteiger partial charge in [0.15, 0.2) is 0 Å². The fourth-order valence-electron chi connectivity index (χ4n) is 1.01. The molecule has 2 nitrogen and oxygen atoms in total. The molecule has 1 heterocycles. The second kappa shape index (κ2) is 3.31. The summed E-state index contributed by atoms with van der Waals surface area (Å²) in [5, 5.41) is 0. The predicted octanol–water partition coefficient (Wildman–Crippen LogP) is 0.945. The average molecular weight is 180 g/mol. The zero-order valence-electron chi connectivity index (χ0n) is 7.30. The van der Waals surface area contributed by atoms with Crippen LogP contribution < -0.4 is 4.78 Å². The second-order valence-corrected chi connectivity index (χ2v) is 3.77. The van der Waals surface area contributed by atoms with E-state index >= 15 is 0 Å². The van der Waals surface area contributed by atoms with Crippen LogP contribution in [0.1, 0.15) is 20.8 Å². The highest BCUT2D eigenvalue weighted by atomic mass is 32.1. The molecule has 0 saturated heterocycles. The fourth-order valence-corrected chi connectivity index (χ4v) is 1.93. The third kappa shape index (κ3) is 1.39. The van der Waals surface area contributed by atoms with E-state index in [0.717, 1.165) is 10.4 Å². The minimum absolute atomic E-state index is 0.352. The van der Waals surface area contributed by atoms with E-state index in [-0.39, 0.29) is 5.97 Å². The topological polar surface area (TPSA) is 26.3 Å². The first-order valence-corrected chi connectivity index (χ1v) is 4.33. The van der Waals surface area contributed by atoms with E-state index in [1.807, 2.05) is 13.8 Å². The van der Waals surface area contributed by atoms with Crippen molar-refractivity contribution >= 4 is 29.9 Å². The van der Waals surface area contributed by atoms with E-state index in [0.29, 0.717) is 10.3 Å². The van der Waals surface area contributed by atoms with Crippen LogP contribution in [0.2, 0.25) is 0 Å². The number of methoxy groups -OCH3 is 1. The van der Waals surface area contributed by atoms with Crippen LogP contribution in [0.4, 0.5) is 0 Å². The molecule has 0 N–H and O–H groups in total. The normalized spacial score (nSPS) is 9.92. The van der Waals surface area contributed by atoms with Gasteiger partial charge in [-0.05, 0) is 24.2 Å². The standard InChI is InChI=1S/C8H9BO2S/c1-4-5(2)12-7(9)6(4)8(10)11-3/h1-3H3. The molecular formula is C8H9BO2S. The van der Waals surface area contributed by atoms with E-state index in [9.17, 15) is 4.79 Å². The average Bonchev–Trinajstić information content (AvgIpc) is 2.26. The molecule has 1 aromatic heterocycles. The predicted molar refractivity (Wildman–Crippen MR) is 50.5 cm³/mol. The van der Waals surface area contributed by atoms with Crippen LogP contribution in [-0.2, 0) is 4.74 Å². The lowest BCUT2D eigenvalue weighted by molar-refractivity contribution is 0.0602. The second-order valence-electron chi connectivity index (χ2n) is 2.51. The Morgan fingerprint density at radius 2 is 2.08 bits per heavy atom. The van der Waals surface area contributed by atoms with Crippen molar-refractivity contribution in [3.05, 3.63) is 16.0 Å². The molecule has 1 rings (SSSR count). The summed E-state index contributed by atoms with van der Waals surface area (Å²) in [7, 11) is 6.99. The van der Waals surface area contributed by atoms with Crippen molar-refractivity contribution in [2.24, 2.45) is 0 Å². The van der Waals surface area contributed by atoms with Crippen LogP contribution in [0.5, 0.6) is 0 Å². The van der Waals surface area contributed by atoms with Crippen LogP contribution in [-0.4, -0.2) is 20.9 Å². The molecule has 0 atom stereocenters. The number of carbonyl (C=O) groups excluding carboxylic acids is 1. The number of hydrogen-bond donors (Lipinski definition) is 0.